The Hall–Kier alpha value is -2.62. The molecule has 3 heterocycles. The molecule has 0 radical (unpaired) electrons. The third-order valence-corrected chi connectivity index (χ3v) is 3.89. The van der Waals surface area contributed by atoms with Crippen molar-refractivity contribution < 1.29 is 4.74 Å². The number of pyridine rings is 2. The Morgan fingerprint density at radius 1 is 1.27 bits per heavy atom. The maximum atomic E-state index is 6.03. The minimum Gasteiger partial charge on any atom is -0.487 e. The molecule has 0 N–H and O–H groups in total. The highest BCUT2D eigenvalue weighted by molar-refractivity contribution is 5.86. The normalized spacial score (nSPS) is 10.8. The molecule has 0 fully saturated rings. The van der Waals surface area contributed by atoms with E-state index in [1.54, 1.807) is 12.4 Å². The molecule has 3 rings (SSSR count). The summed E-state index contributed by atoms with van der Waals surface area (Å²) in [6, 6.07) is 5.83. The van der Waals surface area contributed by atoms with E-state index in [-0.39, 0.29) is 0 Å². The summed E-state index contributed by atoms with van der Waals surface area (Å²) in [6.07, 6.45) is 7.27. The van der Waals surface area contributed by atoms with Gasteiger partial charge in [0.15, 0.2) is 0 Å². The Morgan fingerprint density at radius 2 is 2.14 bits per heavy atom. The number of hydrogen-bond donors (Lipinski definition) is 0. The summed E-state index contributed by atoms with van der Waals surface area (Å²) in [5, 5.41) is 0. The zero-order valence-electron chi connectivity index (χ0n) is 12.9. The zero-order valence-corrected chi connectivity index (χ0v) is 12.9. The number of hydrogen-bond acceptors (Lipinski definition) is 3. The number of ether oxygens (including phenoxy) is 1. The molecule has 4 nitrogen and oxygen atoms in total. The first-order valence-electron chi connectivity index (χ1n) is 7.29. The molecule has 0 unspecified atom stereocenters. The summed E-state index contributed by atoms with van der Waals surface area (Å²) in [7, 11) is 0. The molecular weight excluding hydrogens is 274 g/mol. The molecule has 0 aliphatic carbocycles. The fourth-order valence-electron chi connectivity index (χ4n) is 2.63. The van der Waals surface area contributed by atoms with Crippen LogP contribution in [0.2, 0.25) is 0 Å². The molecule has 0 spiro atoms. The minimum atomic E-state index is 0.490. The summed E-state index contributed by atoms with van der Waals surface area (Å²) >= 11 is 0. The van der Waals surface area contributed by atoms with Crippen LogP contribution in [-0.4, -0.2) is 14.5 Å². The van der Waals surface area contributed by atoms with Crippen molar-refractivity contribution in [2.75, 3.05) is 0 Å². The van der Waals surface area contributed by atoms with Gasteiger partial charge in [-0.15, -0.1) is 6.58 Å². The van der Waals surface area contributed by atoms with Gasteiger partial charge >= 0.3 is 0 Å². The third kappa shape index (κ3) is 2.48. The van der Waals surface area contributed by atoms with Crippen molar-refractivity contribution in [2.45, 2.75) is 27.0 Å². The van der Waals surface area contributed by atoms with Crippen molar-refractivity contribution >= 4 is 11.0 Å². The van der Waals surface area contributed by atoms with E-state index in [4.69, 9.17) is 4.74 Å². The van der Waals surface area contributed by atoms with Gasteiger partial charge in [-0.05, 0) is 25.5 Å². The van der Waals surface area contributed by atoms with Crippen LogP contribution in [0, 0.1) is 13.8 Å². The molecule has 0 aliphatic heterocycles. The van der Waals surface area contributed by atoms with Gasteiger partial charge in [-0.2, -0.15) is 0 Å². The minimum absolute atomic E-state index is 0.490. The van der Waals surface area contributed by atoms with Gasteiger partial charge in [0, 0.05) is 42.5 Å². The third-order valence-electron chi connectivity index (χ3n) is 3.89. The summed E-state index contributed by atoms with van der Waals surface area (Å²) < 4.78 is 8.22. The van der Waals surface area contributed by atoms with Crippen LogP contribution in [0.4, 0.5) is 0 Å². The number of nitrogens with zero attached hydrogens (tertiary/aromatic N) is 3. The fourth-order valence-corrected chi connectivity index (χ4v) is 2.63. The van der Waals surface area contributed by atoms with Crippen LogP contribution < -0.4 is 4.74 Å². The average Bonchev–Trinajstić information content (AvgIpc) is 2.80. The average molecular weight is 293 g/mol. The quantitative estimate of drug-likeness (QED) is 0.671. The summed E-state index contributed by atoms with van der Waals surface area (Å²) in [5.74, 6) is 0.840. The highest BCUT2D eigenvalue weighted by Crippen LogP contribution is 2.31. The van der Waals surface area contributed by atoms with Crippen LogP contribution >= 0.6 is 0 Å². The smallest absolute Gasteiger partial charge is 0.147 e. The molecule has 0 bridgehead atoms. The Labute approximate surface area is 130 Å². The van der Waals surface area contributed by atoms with E-state index in [1.807, 2.05) is 30.5 Å². The SMILES string of the molecule is C=CCn1c(C)c(C)c2nccc(OCc3cccnc3)c21. The van der Waals surface area contributed by atoms with E-state index in [1.165, 1.54) is 11.3 Å². The van der Waals surface area contributed by atoms with E-state index in [0.717, 1.165) is 28.9 Å². The first-order valence-corrected chi connectivity index (χ1v) is 7.29. The monoisotopic (exact) mass is 293 g/mol. The van der Waals surface area contributed by atoms with Crippen LogP contribution in [0.25, 0.3) is 11.0 Å². The van der Waals surface area contributed by atoms with Crippen LogP contribution in [0.15, 0.2) is 49.4 Å². The van der Waals surface area contributed by atoms with E-state index in [0.29, 0.717) is 6.61 Å². The van der Waals surface area contributed by atoms with Gasteiger partial charge in [0.1, 0.15) is 17.9 Å². The molecule has 3 aromatic heterocycles. The van der Waals surface area contributed by atoms with Crippen molar-refractivity contribution in [2.24, 2.45) is 0 Å². The molecule has 4 heteroatoms. The highest BCUT2D eigenvalue weighted by atomic mass is 16.5. The molecular formula is C18H19N3O. The Bertz CT molecular complexity index is 806. The molecule has 0 saturated carbocycles. The van der Waals surface area contributed by atoms with E-state index >= 15 is 0 Å². The lowest BCUT2D eigenvalue weighted by Crippen LogP contribution is -2.01. The zero-order chi connectivity index (χ0) is 15.5. The lowest BCUT2D eigenvalue weighted by atomic mass is 10.2. The van der Waals surface area contributed by atoms with E-state index in [9.17, 15) is 0 Å². The predicted octanol–water partition coefficient (Wildman–Crippen LogP) is 3.81. The van der Waals surface area contributed by atoms with Gasteiger partial charge in [0.05, 0.1) is 5.52 Å². The standard InChI is InChI=1S/C18H19N3O/c1-4-10-21-14(3)13(2)17-18(21)16(7-9-20-17)22-12-15-6-5-8-19-11-15/h4-9,11H,1,10,12H2,2-3H3. The summed E-state index contributed by atoms with van der Waals surface area (Å²) in [5.41, 5.74) is 5.44. The van der Waals surface area contributed by atoms with E-state index in [2.05, 4.69) is 35.0 Å². The van der Waals surface area contributed by atoms with Gasteiger partial charge in [-0.1, -0.05) is 12.1 Å². The summed E-state index contributed by atoms with van der Waals surface area (Å²) in [4.78, 5) is 8.63. The second-order valence-electron chi connectivity index (χ2n) is 5.27. The van der Waals surface area contributed by atoms with Crippen LogP contribution in [0.3, 0.4) is 0 Å². The number of fused-ring (bicyclic) bond motifs is 1. The molecule has 22 heavy (non-hydrogen) atoms. The Morgan fingerprint density at radius 3 is 2.86 bits per heavy atom. The van der Waals surface area contributed by atoms with Crippen LogP contribution in [-0.2, 0) is 13.2 Å². The van der Waals surface area contributed by atoms with Gasteiger partial charge in [-0.25, -0.2) is 0 Å². The fraction of sp³-hybridized carbons (Fsp3) is 0.222. The highest BCUT2D eigenvalue weighted by Gasteiger charge is 2.15. The second-order valence-corrected chi connectivity index (χ2v) is 5.27. The van der Waals surface area contributed by atoms with Crippen molar-refractivity contribution in [1.29, 1.82) is 0 Å². The molecule has 0 amide bonds. The number of aryl methyl sites for hydroxylation is 1. The van der Waals surface area contributed by atoms with Crippen LogP contribution in [0.1, 0.15) is 16.8 Å². The molecule has 0 aromatic carbocycles. The number of rotatable bonds is 5. The van der Waals surface area contributed by atoms with E-state index < -0.39 is 0 Å². The molecule has 0 aliphatic rings. The van der Waals surface area contributed by atoms with Crippen molar-refractivity contribution in [3.63, 3.8) is 0 Å². The lowest BCUT2D eigenvalue weighted by Gasteiger charge is -2.11. The first-order chi connectivity index (χ1) is 10.7. The predicted molar refractivity (Wildman–Crippen MR) is 88.0 cm³/mol. The Balaban J connectivity index is 2.02. The number of aromatic nitrogens is 3. The largest absolute Gasteiger partial charge is 0.487 e. The molecule has 112 valence electrons. The maximum Gasteiger partial charge on any atom is 0.147 e. The number of allylic oxidation sites excluding steroid dienone is 1. The lowest BCUT2D eigenvalue weighted by molar-refractivity contribution is 0.308. The van der Waals surface area contributed by atoms with Gasteiger partial charge in [-0.3, -0.25) is 9.97 Å². The molecule has 0 saturated heterocycles. The first kappa shape index (κ1) is 14.3. The topological polar surface area (TPSA) is 39.9 Å². The van der Waals surface area contributed by atoms with Crippen LogP contribution in [0.5, 0.6) is 5.75 Å². The second kappa shape index (κ2) is 6.02. The Kier molecular flexibility index (Phi) is 3.92. The van der Waals surface area contributed by atoms with Crippen molar-refractivity contribution in [1.82, 2.24) is 14.5 Å². The maximum absolute atomic E-state index is 6.03. The molecule has 0 atom stereocenters. The van der Waals surface area contributed by atoms with Crippen molar-refractivity contribution in [3.8, 4) is 5.75 Å². The van der Waals surface area contributed by atoms with Gasteiger partial charge < -0.3 is 9.30 Å². The molecule has 3 aromatic rings. The summed E-state index contributed by atoms with van der Waals surface area (Å²) in [6.45, 7) is 9.27. The van der Waals surface area contributed by atoms with Crippen molar-refractivity contribution in [3.05, 3.63) is 66.3 Å². The van der Waals surface area contributed by atoms with Gasteiger partial charge in [0.25, 0.3) is 0 Å². The van der Waals surface area contributed by atoms with Gasteiger partial charge in [0.2, 0.25) is 0 Å².